The monoisotopic (exact) mass is 240 g/mol. The fourth-order valence-electron chi connectivity index (χ4n) is 3.46. The molecule has 4 unspecified atom stereocenters. The van der Waals surface area contributed by atoms with Crippen molar-refractivity contribution in [2.75, 3.05) is 13.1 Å². The molecule has 1 saturated carbocycles. The van der Waals surface area contributed by atoms with E-state index in [1.165, 1.54) is 12.8 Å². The lowest BCUT2D eigenvalue weighted by Crippen LogP contribution is -2.58. The van der Waals surface area contributed by atoms with E-state index in [-0.39, 0.29) is 0 Å². The standard InChI is InChI=1S/C14H28N2O/c1-10-8-16(9-11(2)17-10)13-7-14(3,4)6-5-12(13)15/h10-13H,5-9,15H2,1-4H3. The average molecular weight is 240 g/mol. The number of nitrogens with zero attached hydrogens (tertiary/aromatic N) is 1. The van der Waals surface area contributed by atoms with Gasteiger partial charge in [-0.25, -0.2) is 0 Å². The number of morpholine rings is 1. The summed E-state index contributed by atoms with van der Waals surface area (Å²) in [5.74, 6) is 0. The zero-order valence-electron chi connectivity index (χ0n) is 11.8. The molecule has 0 aromatic carbocycles. The normalized spacial score (nSPS) is 43.6. The lowest BCUT2D eigenvalue weighted by Gasteiger charge is -2.48. The molecule has 0 amide bonds. The summed E-state index contributed by atoms with van der Waals surface area (Å²) in [6.45, 7) is 11.2. The number of hydrogen-bond acceptors (Lipinski definition) is 3. The van der Waals surface area contributed by atoms with Crippen molar-refractivity contribution in [2.24, 2.45) is 11.1 Å². The summed E-state index contributed by atoms with van der Waals surface area (Å²) in [6, 6.07) is 0.896. The molecular weight excluding hydrogens is 212 g/mol. The molecule has 2 N–H and O–H groups in total. The number of nitrogens with two attached hydrogens (primary N) is 1. The summed E-state index contributed by atoms with van der Waals surface area (Å²) in [4.78, 5) is 2.57. The molecule has 1 aliphatic carbocycles. The van der Waals surface area contributed by atoms with Crippen LogP contribution in [0.25, 0.3) is 0 Å². The predicted octanol–water partition coefficient (Wildman–Crippen LogP) is 2.00. The lowest BCUT2D eigenvalue weighted by atomic mass is 9.72. The molecule has 0 bridgehead atoms. The minimum Gasteiger partial charge on any atom is -0.373 e. The summed E-state index contributed by atoms with van der Waals surface area (Å²) >= 11 is 0. The first-order valence-electron chi connectivity index (χ1n) is 7.02. The molecule has 0 spiro atoms. The second-order valence-corrected chi connectivity index (χ2v) is 6.85. The van der Waals surface area contributed by atoms with Crippen LogP contribution in [0.4, 0.5) is 0 Å². The highest BCUT2D eigenvalue weighted by molar-refractivity contribution is 4.94. The van der Waals surface area contributed by atoms with E-state index < -0.39 is 0 Å². The van der Waals surface area contributed by atoms with Gasteiger partial charge in [-0.15, -0.1) is 0 Å². The van der Waals surface area contributed by atoms with Gasteiger partial charge in [0.25, 0.3) is 0 Å². The highest BCUT2D eigenvalue weighted by Crippen LogP contribution is 2.37. The molecule has 3 heteroatoms. The molecular formula is C14H28N2O. The van der Waals surface area contributed by atoms with Crippen LogP contribution >= 0.6 is 0 Å². The van der Waals surface area contributed by atoms with Crippen molar-refractivity contribution >= 4 is 0 Å². The molecule has 2 rings (SSSR count). The second kappa shape index (κ2) is 4.87. The van der Waals surface area contributed by atoms with Crippen LogP contribution in [0.3, 0.4) is 0 Å². The van der Waals surface area contributed by atoms with Crippen LogP contribution in [-0.2, 0) is 4.74 Å². The predicted molar refractivity (Wildman–Crippen MR) is 71.0 cm³/mol. The molecule has 17 heavy (non-hydrogen) atoms. The van der Waals surface area contributed by atoms with E-state index in [1.54, 1.807) is 0 Å². The first-order valence-corrected chi connectivity index (χ1v) is 7.02. The third-order valence-electron chi connectivity index (χ3n) is 4.33. The SMILES string of the molecule is CC1CN(C2CC(C)(C)CCC2N)CC(C)O1. The maximum Gasteiger partial charge on any atom is 0.0678 e. The van der Waals surface area contributed by atoms with Crippen LogP contribution in [-0.4, -0.2) is 42.3 Å². The highest BCUT2D eigenvalue weighted by atomic mass is 16.5. The summed E-state index contributed by atoms with van der Waals surface area (Å²) < 4.78 is 5.81. The maximum absolute atomic E-state index is 6.34. The van der Waals surface area contributed by atoms with Gasteiger partial charge in [0.1, 0.15) is 0 Å². The summed E-state index contributed by atoms with van der Waals surface area (Å²) in [5.41, 5.74) is 6.79. The first kappa shape index (κ1) is 13.3. The molecule has 100 valence electrons. The van der Waals surface area contributed by atoms with E-state index in [0.717, 1.165) is 19.5 Å². The Morgan fingerprint density at radius 1 is 1.18 bits per heavy atom. The van der Waals surface area contributed by atoms with E-state index in [0.29, 0.717) is 29.7 Å². The third kappa shape index (κ3) is 3.21. The average Bonchev–Trinajstić information content (AvgIpc) is 2.20. The van der Waals surface area contributed by atoms with Crippen LogP contribution in [0.15, 0.2) is 0 Å². The van der Waals surface area contributed by atoms with Crippen molar-refractivity contribution in [1.29, 1.82) is 0 Å². The second-order valence-electron chi connectivity index (χ2n) is 6.85. The quantitative estimate of drug-likeness (QED) is 0.762. The molecule has 1 aliphatic heterocycles. The van der Waals surface area contributed by atoms with Gasteiger partial charge in [-0.05, 0) is 38.5 Å². The van der Waals surface area contributed by atoms with Crippen molar-refractivity contribution in [3.05, 3.63) is 0 Å². The molecule has 2 aliphatic rings. The van der Waals surface area contributed by atoms with Crippen molar-refractivity contribution < 1.29 is 4.74 Å². The Morgan fingerprint density at radius 2 is 1.76 bits per heavy atom. The van der Waals surface area contributed by atoms with Crippen LogP contribution < -0.4 is 5.73 Å². The molecule has 1 heterocycles. The van der Waals surface area contributed by atoms with E-state index in [1.807, 2.05) is 0 Å². The molecule has 3 nitrogen and oxygen atoms in total. The van der Waals surface area contributed by atoms with Crippen molar-refractivity contribution in [3.8, 4) is 0 Å². The summed E-state index contributed by atoms with van der Waals surface area (Å²) in [5, 5.41) is 0. The minimum atomic E-state index is 0.344. The Bertz CT molecular complexity index is 257. The molecule has 0 radical (unpaired) electrons. The topological polar surface area (TPSA) is 38.5 Å². The van der Waals surface area contributed by atoms with Gasteiger partial charge in [-0.2, -0.15) is 0 Å². The minimum absolute atomic E-state index is 0.344. The summed E-state index contributed by atoms with van der Waals surface area (Å²) in [7, 11) is 0. The van der Waals surface area contributed by atoms with Crippen LogP contribution in [0.1, 0.15) is 47.0 Å². The molecule has 0 aromatic rings. The van der Waals surface area contributed by atoms with Crippen LogP contribution in [0, 0.1) is 5.41 Å². The van der Waals surface area contributed by atoms with Crippen LogP contribution in [0.5, 0.6) is 0 Å². The Labute approximate surface area is 106 Å². The van der Waals surface area contributed by atoms with E-state index in [9.17, 15) is 0 Å². The van der Waals surface area contributed by atoms with Gasteiger partial charge >= 0.3 is 0 Å². The fourth-order valence-corrected chi connectivity index (χ4v) is 3.46. The van der Waals surface area contributed by atoms with Crippen molar-refractivity contribution in [2.45, 2.75) is 71.2 Å². The largest absolute Gasteiger partial charge is 0.373 e. The summed E-state index contributed by atoms with van der Waals surface area (Å²) in [6.07, 6.45) is 4.35. The fraction of sp³-hybridized carbons (Fsp3) is 1.00. The lowest BCUT2D eigenvalue weighted by molar-refractivity contribution is -0.0920. The van der Waals surface area contributed by atoms with Gasteiger partial charge < -0.3 is 10.5 Å². The van der Waals surface area contributed by atoms with Gasteiger partial charge in [-0.1, -0.05) is 13.8 Å². The van der Waals surface area contributed by atoms with Gasteiger partial charge in [0.15, 0.2) is 0 Å². The molecule has 2 fully saturated rings. The molecule has 4 atom stereocenters. The molecule has 1 saturated heterocycles. The van der Waals surface area contributed by atoms with E-state index in [4.69, 9.17) is 10.5 Å². The van der Waals surface area contributed by atoms with Gasteiger partial charge in [0.2, 0.25) is 0 Å². The zero-order chi connectivity index (χ0) is 12.6. The van der Waals surface area contributed by atoms with Gasteiger partial charge in [-0.3, -0.25) is 4.90 Å². The smallest absolute Gasteiger partial charge is 0.0678 e. The van der Waals surface area contributed by atoms with E-state index in [2.05, 4.69) is 32.6 Å². The van der Waals surface area contributed by atoms with Gasteiger partial charge in [0, 0.05) is 25.2 Å². The zero-order valence-corrected chi connectivity index (χ0v) is 11.8. The third-order valence-corrected chi connectivity index (χ3v) is 4.33. The Morgan fingerprint density at radius 3 is 2.35 bits per heavy atom. The van der Waals surface area contributed by atoms with Crippen LogP contribution in [0.2, 0.25) is 0 Å². The van der Waals surface area contributed by atoms with Gasteiger partial charge in [0.05, 0.1) is 12.2 Å². The Balaban J connectivity index is 2.04. The maximum atomic E-state index is 6.34. The number of ether oxygens (including phenoxy) is 1. The molecule has 0 aromatic heterocycles. The Hall–Kier alpha value is -0.120. The number of hydrogen-bond donors (Lipinski definition) is 1. The Kier molecular flexibility index (Phi) is 3.81. The van der Waals surface area contributed by atoms with Crippen molar-refractivity contribution in [1.82, 2.24) is 4.90 Å². The number of rotatable bonds is 1. The highest BCUT2D eigenvalue weighted by Gasteiger charge is 2.38. The first-order chi connectivity index (χ1) is 7.87. The van der Waals surface area contributed by atoms with E-state index >= 15 is 0 Å². The van der Waals surface area contributed by atoms with Crippen molar-refractivity contribution in [3.63, 3.8) is 0 Å².